The van der Waals surface area contributed by atoms with E-state index in [-0.39, 0.29) is 17.9 Å². The van der Waals surface area contributed by atoms with Crippen LogP contribution in [0, 0.1) is 0 Å². The fourth-order valence-electron chi connectivity index (χ4n) is 8.16. The monoisotopic (exact) mass is 648 g/mol. The number of nitrogens with one attached hydrogen (secondary N) is 1. The summed E-state index contributed by atoms with van der Waals surface area (Å²) in [6.45, 7) is 16.9. The third kappa shape index (κ3) is 7.45. The Labute approximate surface area is 279 Å². The first-order chi connectivity index (χ1) is 22.7. The highest BCUT2D eigenvalue weighted by molar-refractivity contribution is 5.76. The van der Waals surface area contributed by atoms with Gasteiger partial charge in [0.25, 0.3) is 0 Å². The van der Waals surface area contributed by atoms with Crippen molar-refractivity contribution in [2.45, 2.75) is 76.3 Å². The van der Waals surface area contributed by atoms with Crippen LogP contribution in [0.2, 0.25) is 0 Å². The summed E-state index contributed by atoms with van der Waals surface area (Å²) < 4.78 is 11.6. The number of morpholine rings is 1. The molecule has 6 heterocycles. The van der Waals surface area contributed by atoms with Crippen LogP contribution in [-0.2, 0) is 9.47 Å². The zero-order valence-corrected chi connectivity index (χ0v) is 28.3. The second kappa shape index (κ2) is 13.7. The lowest BCUT2D eigenvalue weighted by molar-refractivity contribution is -0.0560. The molecule has 0 bridgehead atoms. The number of carbonyl (C=O) groups is 1. The molecule has 0 spiro atoms. The number of para-hydroxylation sites is 1. The van der Waals surface area contributed by atoms with Gasteiger partial charge in [0.1, 0.15) is 11.4 Å². The first kappa shape index (κ1) is 32.4. The van der Waals surface area contributed by atoms with Gasteiger partial charge in [0.2, 0.25) is 0 Å². The van der Waals surface area contributed by atoms with Gasteiger partial charge in [0.05, 0.1) is 36.7 Å². The number of fused-ring (bicyclic) bond motifs is 3. The Morgan fingerprint density at radius 3 is 2.45 bits per heavy atom. The average Bonchev–Trinajstić information content (AvgIpc) is 3.08. The average molecular weight is 649 g/mol. The molecule has 1 aromatic heterocycles. The topological polar surface area (TPSA) is 110 Å². The van der Waals surface area contributed by atoms with Gasteiger partial charge in [-0.05, 0) is 90.8 Å². The Balaban J connectivity index is 0.859. The van der Waals surface area contributed by atoms with E-state index in [9.17, 15) is 9.90 Å². The molecule has 5 aliphatic rings. The number of nitrogens with zero attached hydrogens (tertiary/aromatic N) is 7. The van der Waals surface area contributed by atoms with E-state index in [0.29, 0.717) is 49.1 Å². The first-order valence-corrected chi connectivity index (χ1v) is 17.7. The number of hydrogen-bond donors (Lipinski definition) is 2. The van der Waals surface area contributed by atoms with Gasteiger partial charge >= 0.3 is 6.09 Å². The Bertz CT molecular complexity index is 1390. The molecule has 2 aromatic rings. The molecular weight excluding hydrogens is 596 g/mol. The second-order valence-corrected chi connectivity index (χ2v) is 14.9. The zero-order chi connectivity index (χ0) is 32.5. The summed E-state index contributed by atoms with van der Waals surface area (Å²) in [5.41, 5.74) is 2.03. The van der Waals surface area contributed by atoms with Crippen LogP contribution in [0.1, 0.15) is 46.5 Å². The van der Waals surface area contributed by atoms with E-state index in [2.05, 4.69) is 41.2 Å². The molecule has 0 saturated carbocycles. The van der Waals surface area contributed by atoms with Crippen LogP contribution in [0.5, 0.6) is 5.75 Å². The molecule has 2 atom stereocenters. The number of aromatic nitrogens is 2. The van der Waals surface area contributed by atoms with Gasteiger partial charge in [-0.25, -0.2) is 4.79 Å². The van der Waals surface area contributed by atoms with Crippen molar-refractivity contribution in [1.82, 2.24) is 29.8 Å². The van der Waals surface area contributed by atoms with Crippen molar-refractivity contribution in [3.8, 4) is 17.0 Å². The molecule has 1 aromatic carbocycles. The Kier molecular flexibility index (Phi) is 9.46. The van der Waals surface area contributed by atoms with Gasteiger partial charge in [-0.2, -0.15) is 0 Å². The highest BCUT2D eigenvalue weighted by atomic mass is 16.6. The third-order valence-electron chi connectivity index (χ3n) is 10.6. The minimum absolute atomic E-state index is 0.0455. The molecule has 47 heavy (non-hydrogen) atoms. The number of hydrogen-bond acceptors (Lipinski definition) is 11. The first-order valence-electron chi connectivity index (χ1n) is 17.7. The standard InChI is InChI=1S/C35H52N8O4/c1-35(2,3)47-34(45)42-18-19-46-28(24-42)23-39-12-8-25(9-13-39)40-14-10-26(11-15-40)41-16-17-43-27(22-41)21-36-33-31(43)20-30(37-38-33)29-6-4-5-7-32(29)44/h4-7,20,25-28,44H,8-19,21-24H2,1-3H3,(H,36,38)/t27-,28+/m0/s1. The van der Waals surface area contributed by atoms with Crippen molar-refractivity contribution >= 4 is 17.6 Å². The van der Waals surface area contributed by atoms with E-state index in [1.165, 1.54) is 38.8 Å². The minimum Gasteiger partial charge on any atom is -0.507 e. The van der Waals surface area contributed by atoms with Crippen molar-refractivity contribution in [2.24, 2.45) is 0 Å². The Morgan fingerprint density at radius 1 is 0.936 bits per heavy atom. The maximum absolute atomic E-state index is 12.6. The van der Waals surface area contributed by atoms with Crippen LogP contribution in [0.25, 0.3) is 11.3 Å². The largest absolute Gasteiger partial charge is 0.507 e. The van der Waals surface area contributed by atoms with E-state index in [4.69, 9.17) is 9.47 Å². The van der Waals surface area contributed by atoms with Gasteiger partial charge in [-0.3, -0.25) is 4.90 Å². The van der Waals surface area contributed by atoms with E-state index in [0.717, 1.165) is 57.3 Å². The number of carbonyl (C=O) groups excluding carboxylic acids is 1. The molecule has 2 N–H and O–H groups in total. The summed E-state index contributed by atoms with van der Waals surface area (Å²) in [6.07, 6.45) is 4.68. The molecule has 4 fully saturated rings. The fourth-order valence-corrected chi connectivity index (χ4v) is 8.16. The molecule has 5 aliphatic heterocycles. The van der Waals surface area contributed by atoms with Crippen LogP contribution >= 0.6 is 0 Å². The van der Waals surface area contributed by atoms with Crippen molar-refractivity contribution in [2.75, 3.05) is 88.8 Å². The molecule has 7 rings (SSSR count). The van der Waals surface area contributed by atoms with Crippen molar-refractivity contribution in [3.05, 3.63) is 30.3 Å². The summed E-state index contributed by atoms with van der Waals surface area (Å²) in [6, 6.07) is 11.1. The molecule has 4 saturated heterocycles. The van der Waals surface area contributed by atoms with Crippen LogP contribution in [0.3, 0.4) is 0 Å². The highest BCUT2D eigenvalue weighted by Crippen LogP contribution is 2.37. The van der Waals surface area contributed by atoms with Crippen molar-refractivity contribution in [3.63, 3.8) is 0 Å². The van der Waals surface area contributed by atoms with Crippen LogP contribution in [0.4, 0.5) is 16.3 Å². The number of phenolic OH excluding ortho intramolecular Hbond substituents is 1. The smallest absolute Gasteiger partial charge is 0.410 e. The molecule has 256 valence electrons. The summed E-state index contributed by atoms with van der Waals surface area (Å²) in [5, 5.41) is 22.8. The van der Waals surface area contributed by atoms with Crippen LogP contribution in [-0.4, -0.2) is 149 Å². The van der Waals surface area contributed by atoms with Gasteiger partial charge in [-0.1, -0.05) is 12.1 Å². The highest BCUT2D eigenvalue weighted by Gasteiger charge is 2.38. The van der Waals surface area contributed by atoms with Gasteiger partial charge in [0, 0.05) is 56.9 Å². The minimum atomic E-state index is -0.479. The number of amides is 1. The summed E-state index contributed by atoms with van der Waals surface area (Å²) in [5.74, 6) is 1.06. The summed E-state index contributed by atoms with van der Waals surface area (Å²) in [4.78, 5) is 24.9. The normalized spacial score (nSPS) is 25.6. The van der Waals surface area contributed by atoms with Crippen LogP contribution in [0.15, 0.2) is 30.3 Å². The summed E-state index contributed by atoms with van der Waals surface area (Å²) in [7, 11) is 0. The predicted molar refractivity (Wildman–Crippen MR) is 182 cm³/mol. The maximum Gasteiger partial charge on any atom is 0.410 e. The number of phenols is 1. The SMILES string of the molecule is CC(C)(C)OC(=O)N1CCO[C@H](CN2CCC(N3CCC(N4CCN5c6cc(-c7ccccc7O)nnc6NC[C@H]5C4)CC3)CC2)C1. The number of anilines is 2. The summed E-state index contributed by atoms with van der Waals surface area (Å²) >= 11 is 0. The van der Waals surface area contributed by atoms with E-state index in [1.54, 1.807) is 6.07 Å². The van der Waals surface area contributed by atoms with Crippen LogP contribution < -0.4 is 10.2 Å². The van der Waals surface area contributed by atoms with E-state index < -0.39 is 5.60 Å². The molecular formula is C35H52N8O4. The lowest BCUT2D eigenvalue weighted by Gasteiger charge is -2.50. The zero-order valence-electron chi connectivity index (χ0n) is 28.3. The molecule has 12 heteroatoms. The van der Waals surface area contributed by atoms with Gasteiger partial charge < -0.3 is 39.5 Å². The number of piperidine rings is 2. The number of piperazine rings is 1. The fraction of sp³-hybridized carbons (Fsp3) is 0.686. The number of rotatable bonds is 5. The molecule has 1 amide bonds. The molecule has 12 nitrogen and oxygen atoms in total. The van der Waals surface area contributed by atoms with Crippen molar-refractivity contribution < 1.29 is 19.4 Å². The third-order valence-corrected chi connectivity index (χ3v) is 10.6. The second-order valence-electron chi connectivity index (χ2n) is 14.9. The maximum atomic E-state index is 12.6. The van der Waals surface area contributed by atoms with Gasteiger partial charge in [0.15, 0.2) is 5.82 Å². The van der Waals surface area contributed by atoms with E-state index >= 15 is 0 Å². The molecule has 0 aliphatic carbocycles. The predicted octanol–water partition coefficient (Wildman–Crippen LogP) is 3.33. The molecule has 0 unspecified atom stereocenters. The lowest BCUT2D eigenvalue weighted by atomic mass is 9.95. The number of likely N-dealkylation sites (tertiary alicyclic amines) is 2. The van der Waals surface area contributed by atoms with Crippen molar-refractivity contribution in [1.29, 1.82) is 0 Å². The quantitative estimate of drug-likeness (QED) is 0.499. The number of aromatic hydroxyl groups is 1. The Hall–Kier alpha value is -3.19. The lowest BCUT2D eigenvalue weighted by Crippen LogP contribution is -2.61. The van der Waals surface area contributed by atoms with E-state index in [1.807, 2.05) is 43.9 Å². The number of ether oxygens (including phenoxy) is 2. The van der Waals surface area contributed by atoms with Gasteiger partial charge in [-0.15, -0.1) is 10.2 Å². The Morgan fingerprint density at radius 2 is 1.68 bits per heavy atom. The molecule has 0 radical (unpaired) electrons. The number of benzene rings is 1.